The molecule has 2 N–H and O–H groups in total. The van der Waals surface area contributed by atoms with Crippen LogP contribution in [0.4, 0.5) is 0 Å². The number of benzene rings is 1. The third-order valence-electron chi connectivity index (χ3n) is 4.73. The van der Waals surface area contributed by atoms with Crippen molar-refractivity contribution < 1.29 is 13.2 Å². The summed E-state index contributed by atoms with van der Waals surface area (Å²) in [7, 11) is -3.71. The summed E-state index contributed by atoms with van der Waals surface area (Å²) < 4.78 is 27.8. The second kappa shape index (κ2) is 10.9. The molecule has 0 saturated heterocycles. The van der Waals surface area contributed by atoms with Crippen LogP contribution in [0.25, 0.3) is 0 Å². The Labute approximate surface area is 161 Å². The van der Waals surface area contributed by atoms with E-state index >= 15 is 0 Å². The number of amides is 1. The van der Waals surface area contributed by atoms with Crippen LogP contribution < -0.4 is 10.0 Å². The van der Waals surface area contributed by atoms with Gasteiger partial charge in [0, 0.05) is 6.04 Å². The molecule has 1 unspecified atom stereocenters. The highest BCUT2D eigenvalue weighted by Gasteiger charge is 2.27. The smallest absolute Gasteiger partial charge is 0.241 e. The van der Waals surface area contributed by atoms with Crippen molar-refractivity contribution in [3.63, 3.8) is 0 Å². The molecule has 0 aliphatic heterocycles. The fourth-order valence-corrected chi connectivity index (χ4v) is 4.96. The molecule has 1 aliphatic rings. The molecule has 1 amide bonds. The Morgan fingerprint density at radius 1 is 1.12 bits per heavy atom. The number of carbonyl (C=O) groups excluding carboxylic acids is 1. The van der Waals surface area contributed by atoms with E-state index in [1.54, 1.807) is 42.1 Å². The van der Waals surface area contributed by atoms with Gasteiger partial charge in [-0.1, -0.05) is 50.3 Å². The molecule has 1 aliphatic carbocycles. The van der Waals surface area contributed by atoms with Crippen molar-refractivity contribution in [1.82, 2.24) is 10.0 Å². The van der Waals surface area contributed by atoms with Crippen LogP contribution in [0.15, 0.2) is 35.2 Å². The van der Waals surface area contributed by atoms with Crippen molar-refractivity contribution in [3.05, 3.63) is 30.3 Å². The van der Waals surface area contributed by atoms with Gasteiger partial charge in [-0.3, -0.25) is 4.79 Å². The van der Waals surface area contributed by atoms with E-state index in [1.165, 1.54) is 19.3 Å². The summed E-state index contributed by atoms with van der Waals surface area (Å²) in [4.78, 5) is 13.0. The highest BCUT2D eigenvalue weighted by molar-refractivity contribution is 7.98. The van der Waals surface area contributed by atoms with Gasteiger partial charge in [0.25, 0.3) is 0 Å². The van der Waals surface area contributed by atoms with Crippen molar-refractivity contribution in [1.29, 1.82) is 0 Å². The van der Waals surface area contributed by atoms with Gasteiger partial charge in [-0.25, -0.2) is 8.42 Å². The van der Waals surface area contributed by atoms with Gasteiger partial charge >= 0.3 is 0 Å². The molecule has 1 atom stereocenters. The molecule has 0 radical (unpaired) electrons. The van der Waals surface area contributed by atoms with E-state index in [0.29, 0.717) is 6.42 Å². The molecular formula is C19H30N2O3S2. The fraction of sp³-hybridized carbons (Fsp3) is 0.632. The number of sulfonamides is 1. The zero-order valence-corrected chi connectivity index (χ0v) is 17.1. The first-order chi connectivity index (χ1) is 12.5. The van der Waals surface area contributed by atoms with Crippen LogP contribution >= 0.6 is 11.8 Å². The molecule has 26 heavy (non-hydrogen) atoms. The highest BCUT2D eigenvalue weighted by Crippen LogP contribution is 2.18. The van der Waals surface area contributed by atoms with E-state index in [0.717, 1.165) is 31.4 Å². The third kappa shape index (κ3) is 6.93. The van der Waals surface area contributed by atoms with E-state index < -0.39 is 16.1 Å². The Balaban J connectivity index is 2.04. The molecule has 2 rings (SSSR count). The number of carbonyl (C=O) groups is 1. The van der Waals surface area contributed by atoms with Gasteiger partial charge in [0.2, 0.25) is 15.9 Å². The molecule has 146 valence electrons. The number of nitrogens with one attached hydrogen (secondary N) is 2. The second-order valence-corrected chi connectivity index (χ2v) is 9.52. The molecule has 0 heterocycles. The van der Waals surface area contributed by atoms with Gasteiger partial charge < -0.3 is 5.32 Å². The van der Waals surface area contributed by atoms with Crippen molar-refractivity contribution in [3.8, 4) is 0 Å². The predicted molar refractivity (Wildman–Crippen MR) is 108 cm³/mol. The lowest BCUT2D eigenvalue weighted by Crippen LogP contribution is -2.49. The molecule has 0 spiro atoms. The van der Waals surface area contributed by atoms with Gasteiger partial charge in [0.15, 0.2) is 0 Å². The molecule has 0 aromatic heterocycles. The topological polar surface area (TPSA) is 75.3 Å². The van der Waals surface area contributed by atoms with Crippen LogP contribution in [-0.2, 0) is 14.8 Å². The largest absolute Gasteiger partial charge is 0.352 e. The third-order valence-corrected chi connectivity index (χ3v) is 6.86. The first-order valence-electron chi connectivity index (χ1n) is 9.39. The maximum Gasteiger partial charge on any atom is 0.241 e. The summed E-state index contributed by atoms with van der Waals surface area (Å²) in [6.07, 6.45) is 10.3. The monoisotopic (exact) mass is 398 g/mol. The first-order valence-corrected chi connectivity index (χ1v) is 12.3. The van der Waals surface area contributed by atoms with E-state index in [4.69, 9.17) is 0 Å². The van der Waals surface area contributed by atoms with E-state index in [-0.39, 0.29) is 16.8 Å². The van der Waals surface area contributed by atoms with E-state index in [9.17, 15) is 13.2 Å². The summed E-state index contributed by atoms with van der Waals surface area (Å²) in [6.45, 7) is 0. The maximum atomic E-state index is 12.8. The average Bonchev–Trinajstić information content (AvgIpc) is 2.61. The van der Waals surface area contributed by atoms with Gasteiger partial charge in [-0.05, 0) is 43.4 Å². The minimum absolute atomic E-state index is 0.154. The number of hydrogen-bond donors (Lipinski definition) is 2. The normalized spacial score (nSPS) is 17.9. The summed E-state index contributed by atoms with van der Waals surface area (Å²) >= 11 is 1.61. The Kier molecular flexibility index (Phi) is 8.95. The summed E-state index contributed by atoms with van der Waals surface area (Å²) in [5, 5.41) is 3.09. The molecule has 5 nitrogen and oxygen atoms in total. The van der Waals surface area contributed by atoms with Crippen LogP contribution in [0.2, 0.25) is 0 Å². The number of rotatable bonds is 8. The first kappa shape index (κ1) is 21.3. The summed E-state index contributed by atoms with van der Waals surface area (Å²) in [5.74, 6) is 0.518. The van der Waals surface area contributed by atoms with Crippen molar-refractivity contribution >= 4 is 27.7 Å². The lowest BCUT2D eigenvalue weighted by Gasteiger charge is -2.24. The van der Waals surface area contributed by atoms with Gasteiger partial charge in [0.05, 0.1) is 4.90 Å². The maximum absolute atomic E-state index is 12.8. The van der Waals surface area contributed by atoms with Crippen LogP contribution in [0.5, 0.6) is 0 Å². The zero-order valence-electron chi connectivity index (χ0n) is 15.4. The quantitative estimate of drug-likeness (QED) is 0.704. The van der Waals surface area contributed by atoms with Crippen LogP contribution in [0.1, 0.15) is 51.4 Å². The second-order valence-electron chi connectivity index (χ2n) is 6.82. The molecule has 0 bridgehead atoms. The number of hydrogen-bond acceptors (Lipinski definition) is 4. The van der Waals surface area contributed by atoms with Gasteiger partial charge in [-0.2, -0.15) is 16.5 Å². The predicted octanol–water partition coefficient (Wildman–Crippen LogP) is 3.32. The van der Waals surface area contributed by atoms with Crippen molar-refractivity contribution in [2.75, 3.05) is 12.0 Å². The Hall–Kier alpha value is -1.05. The Morgan fingerprint density at radius 2 is 1.73 bits per heavy atom. The van der Waals surface area contributed by atoms with Gasteiger partial charge in [0.1, 0.15) is 6.04 Å². The summed E-state index contributed by atoms with van der Waals surface area (Å²) in [6, 6.07) is 7.63. The Morgan fingerprint density at radius 3 is 2.35 bits per heavy atom. The molecule has 7 heteroatoms. The van der Waals surface area contributed by atoms with Crippen LogP contribution in [-0.4, -0.2) is 38.4 Å². The van der Waals surface area contributed by atoms with Gasteiger partial charge in [-0.15, -0.1) is 0 Å². The standard InChI is InChI=1S/C19H30N2O3S2/c1-25-15-14-18(21-26(23,24)17-12-8-5-9-13-17)19(22)20-16-10-6-3-2-4-7-11-16/h5,8-9,12-13,16,18,21H,2-4,6-7,10-11,14-15H2,1H3,(H,20,22). The SMILES string of the molecule is CSCCC(NS(=O)(=O)c1ccccc1)C(=O)NC1CCCCCCC1. The van der Waals surface area contributed by atoms with E-state index in [2.05, 4.69) is 10.0 Å². The average molecular weight is 399 g/mol. The molecule has 1 aromatic rings. The highest BCUT2D eigenvalue weighted by atomic mass is 32.2. The van der Waals surface area contributed by atoms with E-state index in [1.807, 2.05) is 6.26 Å². The van der Waals surface area contributed by atoms with Crippen LogP contribution in [0.3, 0.4) is 0 Å². The van der Waals surface area contributed by atoms with Crippen LogP contribution in [0, 0.1) is 0 Å². The minimum Gasteiger partial charge on any atom is -0.352 e. The number of thioether (sulfide) groups is 1. The molecule has 1 fully saturated rings. The lowest BCUT2D eigenvalue weighted by atomic mass is 9.96. The van der Waals surface area contributed by atoms with Crippen molar-refractivity contribution in [2.45, 2.75) is 68.3 Å². The zero-order chi connectivity index (χ0) is 18.8. The minimum atomic E-state index is -3.71. The fourth-order valence-electron chi connectivity index (χ4n) is 3.24. The lowest BCUT2D eigenvalue weighted by molar-refractivity contribution is -0.123. The summed E-state index contributed by atoms with van der Waals surface area (Å²) in [5.41, 5.74) is 0. The van der Waals surface area contributed by atoms with Crippen molar-refractivity contribution in [2.24, 2.45) is 0 Å². The molecule has 1 aromatic carbocycles. The molecular weight excluding hydrogens is 368 g/mol. The Bertz CT molecular complexity index is 642. The molecule has 1 saturated carbocycles.